The third-order valence-corrected chi connectivity index (χ3v) is 1.16. The van der Waals surface area contributed by atoms with Crippen LogP contribution in [0, 0.1) is 0 Å². The van der Waals surface area contributed by atoms with E-state index < -0.39 is 0 Å². The van der Waals surface area contributed by atoms with E-state index in [1.54, 1.807) is 0 Å². The van der Waals surface area contributed by atoms with Crippen molar-refractivity contribution in [1.82, 2.24) is 0 Å². The van der Waals surface area contributed by atoms with Gasteiger partial charge in [0.05, 0.1) is 0 Å². The summed E-state index contributed by atoms with van der Waals surface area (Å²) in [5.41, 5.74) is 1.34. The van der Waals surface area contributed by atoms with E-state index in [-0.39, 0.29) is 0 Å². The second-order valence-electron chi connectivity index (χ2n) is 1.84. The number of rotatable bonds is 1. The van der Waals surface area contributed by atoms with Gasteiger partial charge in [0.15, 0.2) is 0 Å². The van der Waals surface area contributed by atoms with Gasteiger partial charge in [-0.05, 0) is 18.9 Å². The molecule has 0 aromatic carbocycles. The fourth-order valence-electron chi connectivity index (χ4n) is 0.792. The first kappa shape index (κ1) is 5.36. The smallest absolute Gasteiger partial charge is 0.0157 e. The van der Waals surface area contributed by atoms with Crippen molar-refractivity contribution in [3.05, 3.63) is 36.0 Å². The van der Waals surface area contributed by atoms with Crippen molar-refractivity contribution in [2.75, 3.05) is 0 Å². The van der Waals surface area contributed by atoms with E-state index >= 15 is 0 Å². The molecule has 0 nitrogen and oxygen atoms in total. The Bertz CT molecular complexity index is 147. The first-order valence-corrected chi connectivity index (χ1v) is 2.93. The zero-order valence-corrected chi connectivity index (χ0v) is 5.09. The van der Waals surface area contributed by atoms with Crippen LogP contribution in [0.1, 0.15) is 13.3 Å². The van der Waals surface area contributed by atoms with Crippen LogP contribution in [0.25, 0.3) is 0 Å². The normalized spacial score (nSPS) is 17.9. The van der Waals surface area contributed by atoms with E-state index in [0.29, 0.717) is 0 Å². The fourth-order valence-corrected chi connectivity index (χ4v) is 0.792. The lowest BCUT2D eigenvalue weighted by Crippen LogP contribution is -1.60. The predicted octanol–water partition coefficient (Wildman–Crippen LogP) is 2.45. The molecule has 0 heterocycles. The van der Waals surface area contributed by atoms with Crippen LogP contribution in [-0.4, -0.2) is 0 Å². The van der Waals surface area contributed by atoms with Gasteiger partial charge in [-0.25, -0.2) is 0 Å². The topological polar surface area (TPSA) is 0 Å². The van der Waals surface area contributed by atoms with Crippen LogP contribution in [0.5, 0.6) is 0 Å². The van der Waals surface area contributed by atoms with Gasteiger partial charge in [0.25, 0.3) is 0 Å². The third kappa shape index (κ3) is 1.09. The van der Waals surface area contributed by atoms with Gasteiger partial charge in [0, 0.05) is 0 Å². The minimum absolute atomic E-state index is 1.11. The van der Waals surface area contributed by atoms with Gasteiger partial charge < -0.3 is 0 Å². The van der Waals surface area contributed by atoms with Gasteiger partial charge >= 0.3 is 0 Å². The van der Waals surface area contributed by atoms with E-state index in [9.17, 15) is 0 Å². The molecule has 0 spiro atoms. The summed E-state index contributed by atoms with van der Waals surface area (Å²) in [6.07, 6.45) is 11.8. The first-order valence-electron chi connectivity index (χ1n) is 2.93. The summed E-state index contributed by atoms with van der Waals surface area (Å²) in [6.45, 7) is 2.03. The molecule has 0 aliphatic heterocycles. The van der Waals surface area contributed by atoms with Crippen LogP contribution >= 0.6 is 0 Å². The third-order valence-electron chi connectivity index (χ3n) is 1.16. The van der Waals surface area contributed by atoms with E-state index in [1.807, 2.05) is 6.92 Å². The molecule has 1 aliphatic carbocycles. The van der Waals surface area contributed by atoms with Crippen LogP contribution in [0.15, 0.2) is 36.0 Å². The second-order valence-corrected chi connectivity index (χ2v) is 1.84. The van der Waals surface area contributed by atoms with Crippen molar-refractivity contribution in [3.63, 3.8) is 0 Å². The summed E-state index contributed by atoms with van der Waals surface area (Å²) in [7, 11) is 0. The highest BCUT2D eigenvalue weighted by atomic mass is 13.9. The molecule has 0 heteroatoms. The molecule has 1 aliphatic rings. The van der Waals surface area contributed by atoms with Crippen LogP contribution in [0.4, 0.5) is 0 Å². The highest BCUT2D eigenvalue weighted by Gasteiger charge is 1.88. The van der Waals surface area contributed by atoms with Gasteiger partial charge in [-0.2, -0.15) is 0 Å². The van der Waals surface area contributed by atoms with Crippen LogP contribution in [0.3, 0.4) is 0 Å². The van der Waals surface area contributed by atoms with Gasteiger partial charge in [-0.3, -0.25) is 0 Å². The molecule has 0 N–H and O–H groups in total. The molecule has 0 fully saturated rings. The zero-order valence-electron chi connectivity index (χ0n) is 5.09. The molecular formula is C8H10. The van der Waals surface area contributed by atoms with E-state index in [0.717, 1.165) is 6.42 Å². The van der Waals surface area contributed by atoms with Crippen LogP contribution < -0.4 is 0 Å². The largest absolute Gasteiger partial charge is 0.0871 e. The van der Waals surface area contributed by atoms with Gasteiger partial charge in [0.2, 0.25) is 0 Å². The molecule has 42 valence electrons. The highest BCUT2D eigenvalue weighted by molar-refractivity contribution is 5.35. The second kappa shape index (κ2) is 2.51. The summed E-state index contributed by atoms with van der Waals surface area (Å²) >= 11 is 0. The summed E-state index contributed by atoms with van der Waals surface area (Å²) < 4.78 is 0. The van der Waals surface area contributed by atoms with Crippen LogP contribution in [-0.2, 0) is 0 Å². The Morgan fingerprint density at radius 1 is 1.62 bits per heavy atom. The van der Waals surface area contributed by atoms with Crippen LogP contribution in [0.2, 0.25) is 0 Å². The van der Waals surface area contributed by atoms with Crippen molar-refractivity contribution in [2.24, 2.45) is 0 Å². The molecule has 0 unspecified atom stereocenters. The monoisotopic (exact) mass is 106 g/mol. The molecule has 8 heavy (non-hydrogen) atoms. The molecule has 0 saturated heterocycles. The number of hydrogen-bond donors (Lipinski definition) is 0. The Balaban J connectivity index is 2.58. The maximum absolute atomic E-state index is 2.21. The summed E-state index contributed by atoms with van der Waals surface area (Å²) in [5.74, 6) is 0. The summed E-state index contributed by atoms with van der Waals surface area (Å²) in [6, 6.07) is 0. The molecule has 1 rings (SSSR count). The Kier molecular flexibility index (Phi) is 1.68. The summed E-state index contributed by atoms with van der Waals surface area (Å²) in [4.78, 5) is 0. The Labute approximate surface area is 50.2 Å². The lowest BCUT2D eigenvalue weighted by molar-refractivity contribution is 1.44. The molecule has 0 saturated carbocycles. The fraction of sp³-hybridized carbons (Fsp3) is 0.250. The molecule has 0 amide bonds. The molecule has 0 atom stereocenters. The standard InChI is InChI=1S/C8H10/c1-2-5-8-6-3-4-7-8/h2-3,5-7H,4H2,1H3/b5-2+. The van der Waals surface area contributed by atoms with E-state index in [4.69, 9.17) is 0 Å². The van der Waals surface area contributed by atoms with Crippen molar-refractivity contribution in [3.8, 4) is 0 Å². The first-order chi connectivity index (χ1) is 3.93. The van der Waals surface area contributed by atoms with E-state index in [1.165, 1.54) is 5.57 Å². The molecule has 0 aromatic rings. The molecule has 0 radical (unpaired) electrons. The maximum atomic E-state index is 2.21. The summed E-state index contributed by atoms with van der Waals surface area (Å²) in [5, 5.41) is 0. The van der Waals surface area contributed by atoms with Gasteiger partial charge in [-0.15, -0.1) is 0 Å². The van der Waals surface area contributed by atoms with Gasteiger partial charge in [-0.1, -0.05) is 30.4 Å². The van der Waals surface area contributed by atoms with Gasteiger partial charge in [0.1, 0.15) is 0 Å². The minimum Gasteiger partial charge on any atom is -0.0871 e. The number of hydrogen-bond acceptors (Lipinski definition) is 0. The van der Waals surface area contributed by atoms with Crippen molar-refractivity contribution in [1.29, 1.82) is 0 Å². The Morgan fingerprint density at radius 3 is 3.00 bits per heavy atom. The quantitative estimate of drug-likeness (QED) is 0.481. The maximum Gasteiger partial charge on any atom is -0.0157 e. The minimum atomic E-state index is 1.11. The Hall–Kier alpha value is -0.780. The van der Waals surface area contributed by atoms with Crippen molar-refractivity contribution >= 4 is 0 Å². The predicted molar refractivity (Wildman–Crippen MR) is 36.7 cm³/mol. The zero-order chi connectivity index (χ0) is 5.82. The van der Waals surface area contributed by atoms with E-state index in [2.05, 4.69) is 30.4 Å². The van der Waals surface area contributed by atoms with Crippen molar-refractivity contribution in [2.45, 2.75) is 13.3 Å². The Morgan fingerprint density at radius 2 is 2.50 bits per heavy atom. The lowest BCUT2D eigenvalue weighted by Gasteiger charge is -1.80. The molecule has 0 aromatic heterocycles. The average molecular weight is 106 g/mol. The van der Waals surface area contributed by atoms with Crippen molar-refractivity contribution < 1.29 is 0 Å². The lowest BCUT2D eigenvalue weighted by atomic mass is 10.3. The molecule has 0 bridgehead atoms. The highest BCUT2D eigenvalue weighted by Crippen LogP contribution is 2.08. The molecular weight excluding hydrogens is 96.1 g/mol. The average Bonchev–Trinajstić information content (AvgIpc) is 2.19. The number of allylic oxidation sites excluding steroid dienone is 6. The SMILES string of the molecule is C/C=C/C1=CCC=C1.